The molecule has 3 unspecified atom stereocenters. The standard InChI is InChI=1S/C8H18O6S4/c1-4-7(17(9,10)11)15-16(6-3)8(5-2)18(12,13)14/h6-8H,4-5H2,1-3H3,(H,9,10,11)(H,12,13,14). The number of hydrogen-bond acceptors (Lipinski definition) is 5. The van der Waals surface area contributed by atoms with Crippen LogP contribution in [-0.2, 0) is 20.2 Å². The summed E-state index contributed by atoms with van der Waals surface area (Å²) >= 11 is 0. The molecule has 2 N–H and O–H groups in total. The summed E-state index contributed by atoms with van der Waals surface area (Å²) in [5.74, 6) is 0. The van der Waals surface area contributed by atoms with Gasteiger partial charge in [0.2, 0.25) is 0 Å². The van der Waals surface area contributed by atoms with Crippen LogP contribution in [0.4, 0.5) is 0 Å². The van der Waals surface area contributed by atoms with Crippen LogP contribution < -0.4 is 0 Å². The summed E-state index contributed by atoms with van der Waals surface area (Å²) in [5.41, 5.74) is 0. The lowest BCUT2D eigenvalue weighted by Crippen LogP contribution is -2.20. The van der Waals surface area contributed by atoms with Gasteiger partial charge in [0.1, 0.15) is 9.16 Å². The van der Waals surface area contributed by atoms with Crippen LogP contribution in [0.1, 0.15) is 33.6 Å². The van der Waals surface area contributed by atoms with Gasteiger partial charge in [0.05, 0.1) is 0 Å². The van der Waals surface area contributed by atoms with Crippen molar-refractivity contribution in [2.45, 2.75) is 42.8 Å². The molecule has 18 heavy (non-hydrogen) atoms. The fourth-order valence-electron chi connectivity index (χ4n) is 1.22. The second-order valence-electron chi connectivity index (χ2n) is 3.37. The van der Waals surface area contributed by atoms with E-state index < -0.39 is 38.9 Å². The Labute approximate surface area is 114 Å². The molecule has 0 aromatic carbocycles. The maximum atomic E-state index is 11.2. The third-order valence-corrected chi connectivity index (χ3v) is 11.9. The lowest BCUT2D eigenvalue weighted by Gasteiger charge is -2.20. The lowest BCUT2D eigenvalue weighted by atomic mass is 10.6. The van der Waals surface area contributed by atoms with E-state index in [-0.39, 0.29) is 12.8 Å². The molecule has 0 aliphatic rings. The van der Waals surface area contributed by atoms with Gasteiger partial charge in [0.25, 0.3) is 20.2 Å². The largest absolute Gasteiger partial charge is 0.285 e. The van der Waals surface area contributed by atoms with E-state index in [4.69, 9.17) is 9.11 Å². The molecule has 0 amide bonds. The SMILES string of the molecule is CC=S(SC(CC)S(=O)(=O)O)C(CC)S(=O)(=O)O. The quantitative estimate of drug-likeness (QED) is 0.415. The highest BCUT2D eigenvalue weighted by Crippen LogP contribution is 2.44. The van der Waals surface area contributed by atoms with Crippen LogP contribution >= 0.6 is 20.3 Å². The van der Waals surface area contributed by atoms with Crippen molar-refractivity contribution in [2.75, 3.05) is 0 Å². The van der Waals surface area contributed by atoms with Crippen molar-refractivity contribution in [1.82, 2.24) is 0 Å². The van der Waals surface area contributed by atoms with E-state index in [1.807, 2.05) is 0 Å². The van der Waals surface area contributed by atoms with E-state index in [9.17, 15) is 16.8 Å². The average Bonchev–Trinajstić information content (AvgIpc) is 2.20. The molecule has 0 aromatic rings. The smallest absolute Gasteiger partial charge is 0.278 e. The van der Waals surface area contributed by atoms with Gasteiger partial charge in [-0.3, -0.25) is 9.11 Å². The van der Waals surface area contributed by atoms with Crippen molar-refractivity contribution < 1.29 is 25.9 Å². The molecule has 0 rings (SSSR count). The molecular formula is C8H18O6S4. The van der Waals surface area contributed by atoms with Crippen molar-refractivity contribution in [3.8, 4) is 0 Å². The zero-order chi connectivity index (χ0) is 14.6. The number of rotatable bonds is 7. The monoisotopic (exact) mass is 338 g/mol. The first-order chi connectivity index (χ1) is 8.07. The summed E-state index contributed by atoms with van der Waals surface area (Å²) in [6, 6.07) is 0. The van der Waals surface area contributed by atoms with E-state index in [0.717, 1.165) is 10.8 Å². The van der Waals surface area contributed by atoms with Crippen LogP contribution in [0.3, 0.4) is 0 Å². The highest BCUT2D eigenvalue weighted by atomic mass is 33.1. The summed E-state index contributed by atoms with van der Waals surface area (Å²) in [6.07, 6.45) is 0.323. The minimum absolute atomic E-state index is 0.156. The Morgan fingerprint density at radius 2 is 1.61 bits per heavy atom. The van der Waals surface area contributed by atoms with E-state index >= 15 is 0 Å². The summed E-state index contributed by atoms with van der Waals surface area (Å²) in [7, 11) is -8.62. The second-order valence-corrected chi connectivity index (χ2v) is 11.4. The van der Waals surface area contributed by atoms with Gasteiger partial charge >= 0.3 is 0 Å². The lowest BCUT2D eigenvalue weighted by molar-refractivity contribution is 0.476. The first-order valence-corrected chi connectivity index (χ1v) is 10.9. The van der Waals surface area contributed by atoms with E-state index in [2.05, 4.69) is 0 Å². The highest BCUT2D eigenvalue weighted by molar-refractivity contribution is 8.86. The van der Waals surface area contributed by atoms with Crippen LogP contribution in [0.15, 0.2) is 0 Å². The fourth-order valence-corrected chi connectivity index (χ4v) is 10.3. The van der Waals surface area contributed by atoms with Crippen LogP contribution in [0.25, 0.3) is 0 Å². The van der Waals surface area contributed by atoms with E-state index in [0.29, 0.717) is 0 Å². The van der Waals surface area contributed by atoms with Gasteiger partial charge in [-0.15, -0.1) is 9.52 Å². The molecule has 0 aliphatic heterocycles. The minimum atomic E-state index is -4.24. The van der Waals surface area contributed by atoms with Crippen LogP contribution in [0.5, 0.6) is 0 Å². The predicted molar refractivity (Wildman–Crippen MR) is 78.2 cm³/mol. The van der Waals surface area contributed by atoms with Crippen molar-refractivity contribution in [3.05, 3.63) is 0 Å². The molecule has 0 fully saturated rings. The Bertz CT molecular complexity index is 492. The fraction of sp³-hybridized carbons (Fsp3) is 0.875. The van der Waals surface area contributed by atoms with Crippen molar-refractivity contribution in [3.63, 3.8) is 0 Å². The maximum absolute atomic E-state index is 11.2. The molecular weight excluding hydrogens is 320 g/mol. The normalized spacial score (nSPS) is 18.5. The third kappa shape index (κ3) is 5.57. The summed E-state index contributed by atoms with van der Waals surface area (Å²) < 4.78 is 60.5. The number of hydrogen-bond donors (Lipinski definition) is 2. The minimum Gasteiger partial charge on any atom is -0.285 e. The molecule has 0 spiro atoms. The van der Waals surface area contributed by atoms with Gasteiger partial charge in [-0.05, 0) is 19.8 Å². The Morgan fingerprint density at radius 3 is 1.83 bits per heavy atom. The first-order valence-electron chi connectivity index (χ1n) is 5.19. The molecule has 3 atom stereocenters. The van der Waals surface area contributed by atoms with E-state index in [1.165, 1.54) is 0 Å². The first kappa shape index (κ1) is 18.4. The van der Waals surface area contributed by atoms with Gasteiger partial charge in [-0.2, -0.15) is 16.8 Å². The Morgan fingerprint density at radius 1 is 1.11 bits per heavy atom. The van der Waals surface area contributed by atoms with Crippen LogP contribution in [0, 0.1) is 0 Å². The maximum Gasteiger partial charge on any atom is 0.278 e. The average molecular weight is 338 g/mol. The molecule has 6 nitrogen and oxygen atoms in total. The molecule has 0 bridgehead atoms. The molecule has 110 valence electrons. The van der Waals surface area contributed by atoms with Gasteiger partial charge < -0.3 is 0 Å². The topological polar surface area (TPSA) is 109 Å². The van der Waals surface area contributed by atoms with Crippen molar-refractivity contribution in [2.24, 2.45) is 0 Å². The molecule has 0 saturated heterocycles. The predicted octanol–water partition coefficient (Wildman–Crippen LogP) is 1.97. The van der Waals surface area contributed by atoms with Gasteiger partial charge in [-0.25, -0.2) is 0 Å². The van der Waals surface area contributed by atoms with Crippen molar-refractivity contribution >= 4 is 45.9 Å². The van der Waals surface area contributed by atoms with Gasteiger partial charge in [0.15, 0.2) is 0 Å². The Balaban J connectivity index is 5.26. The molecule has 0 heterocycles. The zero-order valence-electron chi connectivity index (χ0n) is 10.3. The Kier molecular flexibility index (Phi) is 7.40. The van der Waals surface area contributed by atoms with Gasteiger partial charge in [0, 0.05) is 0 Å². The van der Waals surface area contributed by atoms with Gasteiger partial charge in [-0.1, -0.05) is 30.0 Å². The van der Waals surface area contributed by atoms with Crippen LogP contribution in [0.2, 0.25) is 0 Å². The molecule has 10 heteroatoms. The second kappa shape index (κ2) is 7.25. The third-order valence-electron chi connectivity index (χ3n) is 2.04. The summed E-state index contributed by atoms with van der Waals surface area (Å²) in [6.45, 7) is 4.77. The molecule has 0 aliphatic carbocycles. The summed E-state index contributed by atoms with van der Waals surface area (Å²) in [4.78, 5) is 0. The zero-order valence-corrected chi connectivity index (χ0v) is 13.6. The molecule has 0 saturated carbocycles. The summed E-state index contributed by atoms with van der Waals surface area (Å²) in [5, 5.41) is 1.54. The van der Waals surface area contributed by atoms with E-state index in [1.54, 1.807) is 26.1 Å². The van der Waals surface area contributed by atoms with Crippen LogP contribution in [-0.4, -0.2) is 40.5 Å². The Hall–Kier alpha value is 0.390. The highest BCUT2D eigenvalue weighted by Gasteiger charge is 2.30. The van der Waals surface area contributed by atoms with Crippen molar-refractivity contribution in [1.29, 1.82) is 0 Å². The molecule has 0 radical (unpaired) electrons. The molecule has 0 aromatic heterocycles.